The predicted octanol–water partition coefficient (Wildman–Crippen LogP) is 2.11. The van der Waals surface area contributed by atoms with Crippen LogP contribution in [0.4, 0.5) is 0 Å². The predicted molar refractivity (Wildman–Crippen MR) is 110 cm³/mol. The summed E-state index contributed by atoms with van der Waals surface area (Å²) in [6.45, 7) is 6.30. The first-order chi connectivity index (χ1) is 13.3. The van der Waals surface area contributed by atoms with Crippen LogP contribution in [0.2, 0.25) is 0 Å². The number of hydrogen-bond donors (Lipinski definition) is 1. The van der Waals surface area contributed by atoms with Gasteiger partial charge in [0.05, 0.1) is 17.0 Å². The minimum Gasteiger partial charge on any atom is -0.308 e. The number of rotatable bonds is 4. The largest absolute Gasteiger partial charge is 0.308 e. The van der Waals surface area contributed by atoms with Crippen LogP contribution in [0.5, 0.6) is 0 Å². The molecule has 0 radical (unpaired) electrons. The van der Waals surface area contributed by atoms with Crippen LogP contribution in [-0.4, -0.2) is 53.8 Å². The maximum Gasteiger partial charge on any atom is 0.268 e. The van der Waals surface area contributed by atoms with Gasteiger partial charge in [-0.25, -0.2) is 13.4 Å². The molecule has 0 saturated carbocycles. The third-order valence-electron chi connectivity index (χ3n) is 5.02. The van der Waals surface area contributed by atoms with E-state index in [1.54, 1.807) is 10.4 Å². The van der Waals surface area contributed by atoms with Gasteiger partial charge in [-0.3, -0.25) is 9.69 Å². The van der Waals surface area contributed by atoms with E-state index in [0.717, 1.165) is 11.1 Å². The molecule has 1 aromatic carbocycles. The second kappa shape index (κ2) is 7.40. The van der Waals surface area contributed by atoms with Gasteiger partial charge in [-0.15, -0.1) is 11.3 Å². The zero-order chi connectivity index (χ0) is 19.9. The van der Waals surface area contributed by atoms with Crippen LogP contribution in [0, 0.1) is 13.8 Å². The van der Waals surface area contributed by atoms with Gasteiger partial charge in [0.2, 0.25) is 10.0 Å². The van der Waals surface area contributed by atoms with E-state index in [-0.39, 0.29) is 5.56 Å². The van der Waals surface area contributed by atoms with Crippen molar-refractivity contribution in [1.82, 2.24) is 19.2 Å². The molecule has 0 unspecified atom stereocenters. The first-order valence-corrected chi connectivity index (χ1v) is 11.4. The lowest BCUT2D eigenvalue weighted by atomic mass is 10.2. The summed E-state index contributed by atoms with van der Waals surface area (Å²) in [5, 5.41) is 1.85. The molecule has 148 valence electrons. The summed E-state index contributed by atoms with van der Waals surface area (Å²) >= 11 is 1.38. The lowest BCUT2D eigenvalue weighted by Gasteiger charge is -2.33. The Morgan fingerprint density at radius 1 is 1.14 bits per heavy atom. The molecular formula is C19H22N4O3S2. The summed E-state index contributed by atoms with van der Waals surface area (Å²) in [6, 6.07) is 7.26. The molecule has 3 heterocycles. The number of piperazine rings is 1. The molecule has 1 fully saturated rings. The lowest BCUT2D eigenvalue weighted by molar-refractivity contribution is 0.178. The Bertz CT molecular complexity index is 1180. The number of aryl methyl sites for hydroxylation is 2. The summed E-state index contributed by atoms with van der Waals surface area (Å²) in [5.41, 5.74) is 2.41. The molecule has 7 nitrogen and oxygen atoms in total. The molecule has 28 heavy (non-hydrogen) atoms. The number of benzene rings is 1. The lowest BCUT2D eigenvalue weighted by Crippen LogP contribution is -2.48. The van der Waals surface area contributed by atoms with Crippen molar-refractivity contribution in [3.05, 3.63) is 57.0 Å². The molecule has 0 amide bonds. The fourth-order valence-corrected chi connectivity index (χ4v) is 5.92. The molecule has 1 aliphatic heterocycles. The number of nitrogens with one attached hydrogen (secondary N) is 1. The molecule has 4 rings (SSSR count). The minimum absolute atomic E-state index is 0.119. The highest BCUT2D eigenvalue weighted by Gasteiger charge is 2.29. The number of aromatic nitrogens is 2. The Kier molecular flexibility index (Phi) is 5.09. The van der Waals surface area contributed by atoms with Crippen LogP contribution in [0.15, 0.2) is 39.3 Å². The Morgan fingerprint density at radius 2 is 1.89 bits per heavy atom. The van der Waals surface area contributed by atoms with Gasteiger partial charge in [-0.1, -0.05) is 17.7 Å². The number of sulfonamides is 1. The molecule has 1 aliphatic rings. The monoisotopic (exact) mass is 418 g/mol. The Balaban J connectivity index is 1.46. The highest BCUT2D eigenvalue weighted by molar-refractivity contribution is 7.89. The number of fused-ring (bicyclic) bond motifs is 1. The van der Waals surface area contributed by atoms with E-state index in [1.165, 1.54) is 11.3 Å². The van der Waals surface area contributed by atoms with Gasteiger partial charge >= 0.3 is 0 Å². The van der Waals surface area contributed by atoms with Crippen LogP contribution < -0.4 is 5.56 Å². The van der Waals surface area contributed by atoms with E-state index in [1.807, 2.05) is 37.4 Å². The topological polar surface area (TPSA) is 86.4 Å². The van der Waals surface area contributed by atoms with Gasteiger partial charge in [-0.05, 0) is 36.9 Å². The Hall–Kier alpha value is -2.07. The minimum atomic E-state index is -3.50. The molecule has 0 aliphatic carbocycles. The molecule has 0 atom stereocenters. The normalized spacial score (nSPS) is 16.6. The number of hydrogen-bond acceptors (Lipinski definition) is 6. The van der Waals surface area contributed by atoms with Crippen molar-refractivity contribution < 1.29 is 8.42 Å². The van der Waals surface area contributed by atoms with Crippen LogP contribution >= 0.6 is 11.3 Å². The van der Waals surface area contributed by atoms with Crippen molar-refractivity contribution >= 4 is 31.6 Å². The Morgan fingerprint density at radius 3 is 2.61 bits per heavy atom. The van der Waals surface area contributed by atoms with E-state index in [0.29, 0.717) is 53.7 Å². The summed E-state index contributed by atoms with van der Waals surface area (Å²) in [4.78, 5) is 21.9. The third kappa shape index (κ3) is 3.62. The second-order valence-electron chi connectivity index (χ2n) is 7.10. The quantitative estimate of drug-likeness (QED) is 0.701. The van der Waals surface area contributed by atoms with Crippen molar-refractivity contribution in [2.24, 2.45) is 0 Å². The fraction of sp³-hybridized carbons (Fsp3) is 0.368. The smallest absolute Gasteiger partial charge is 0.268 e. The van der Waals surface area contributed by atoms with Gasteiger partial charge in [0.25, 0.3) is 5.56 Å². The molecule has 0 spiro atoms. The summed E-state index contributed by atoms with van der Waals surface area (Å²) in [7, 11) is -3.50. The van der Waals surface area contributed by atoms with Crippen LogP contribution in [0.25, 0.3) is 10.2 Å². The van der Waals surface area contributed by atoms with E-state index >= 15 is 0 Å². The molecule has 0 bridgehead atoms. The number of thiophene rings is 1. The SMILES string of the molecule is Cc1ccc(S(=O)(=O)N2CCN(Cc3nc4ccsc4c(=O)[nH]3)CC2)c(C)c1. The first-order valence-electron chi connectivity index (χ1n) is 9.11. The van der Waals surface area contributed by atoms with E-state index in [9.17, 15) is 13.2 Å². The zero-order valence-electron chi connectivity index (χ0n) is 15.8. The highest BCUT2D eigenvalue weighted by atomic mass is 32.2. The van der Waals surface area contributed by atoms with E-state index in [2.05, 4.69) is 14.9 Å². The van der Waals surface area contributed by atoms with Crippen molar-refractivity contribution in [2.45, 2.75) is 25.3 Å². The second-order valence-corrected chi connectivity index (χ2v) is 9.92. The van der Waals surface area contributed by atoms with E-state index in [4.69, 9.17) is 0 Å². The van der Waals surface area contributed by atoms with Gasteiger partial charge in [0.1, 0.15) is 10.5 Å². The molecule has 1 saturated heterocycles. The maximum atomic E-state index is 13.0. The summed E-state index contributed by atoms with van der Waals surface area (Å²) < 4.78 is 28.2. The third-order valence-corrected chi connectivity index (χ3v) is 7.98. The molecular weight excluding hydrogens is 396 g/mol. The molecule has 9 heteroatoms. The number of H-pyrrole nitrogens is 1. The van der Waals surface area contributed by atoms with Gasteiger partial charge in [0, 0.05) is 26.2 Å². The van der Waals surface area contributed by atoms with Crippen molar-refractivity contribution in [2.75, 3.05) is 26.2 Å². The fourth-order valence-electron chi connectivity index (χ4n) is 3.56. The highest BCUT2D eigenvalue weighted by Crippen LogP contribution is 2.22. The molecule has 2 aromatic heterocycles. The van der Waals surface area contributed by atoms with Gasteiger partial charge in [0.15, 0.2) is 0 Å². The molecule has 1 N–H and O–H groups in total. The Labute approximate surface area is 167 Å². The average Bonchev–Trinajstić information content (AvgIpc) is 3.11. The van der Waals surface area contributed by atoms with Crippen molar-refractivity contribution in [1.29, 1.82) is 0 Å². The number of aromatic amines is 1. The summed E-state index contributed by atoms with van der Waals surface area (Å²) in [6.07, 6.45) is 0. The summed E-state index contributed by atoms with van der Waals surface area (Å²) in [5.74, 6) is 0.613. The average molecular weight is 419 g/mol. The maximum absolute atomic E-state index is 13.0. The van der Waals surface area contributed by atoms with Crippen molar-refractivity contribution in [3.63, 3.8) is 0 Å². The standard InChI is InChI=1S/C19H22N4O3S2/c1-13-3-4-16(14(2)11-13)28(25,26)23-8-6-22(7-9-23)12-17-20-15-5-10-27-18(15)19(24)21-17/h3-5,10-11H,6-9,12H2,1-2H3,(H,20,21,24). The zero-order valence-corrected chi connectivity index (χ0v) is 17.4. The molecule has 3 aromatic rings. The van der Waals surface area contributed by atoms with Crippen LogP contribution in [0.3, 0.4) is 0 Å². The van der Waals surface area contributed by atoms with E-state index < -0.39 is 10.0 Å². The number of nitrogens with zero attached hydrogens (tertiary/aromatic N) is 3. The van der Waals surface area contributed by atoms with Gasteiger partial charge < -0.3 is 4.98 Å². The van der Waals surface area contributed by atoms with Crippen LogP contribution in [-0.2, 0) is 16.6 Å². The van der Waals surface area contributed by atoms with Crippen molar-refractivity contribution in [3.8, 4) is 0 Å². The first kappa shape index (κ1) is 19.3. The van der Waals surface area contributed by atoms with Gasteiger partial charge in [-0.2, -0.15) is 4.31 Å². The van der Waals surface area contributed by atoms with Crippen LogP contribution in [0.1, 0.15) is 17.0 Å².